The Labute approximate surface area is 398 Å². The number of nitrogens with one attached hydrogen (secondary N) is 3. The Kier molecular flexibility index (Phi) is 16.5. The highest BCUT2D eigenvalue weighted by molar-refractivity contribution is 5.98. The van der Waals surface area contributed by atoms with Crippen molar-refractivity contribution in [2.45, 2.75) is 114 Å². The summed E-state index contributed by atoms with van der Waals surface area (Å²) in [5, 5.41) is 40.1. The number of carbonyl (C=O) groups is 7. The van der Waals surface area contributed by atoms with Crippen molar-refractivity contribution in [2.24, 2.45) is 0 Å². The third kappa shape index (κ3) is 12.1. The van der Waals surface area contributed by atoms with Gasteiger partial charge in [-0.2, -0.15) is 0 Å². The number of ether oxygens (including phenoxy) is 5. The van der Waals surface area contributed by atoms with Gasteiger partial charge < -0.3 is 69.7 Å². The Bertz CT molecular complexity index is 2380. The molecule has 11 atom stereocenters. The normalized spacial score (nSPS) is 28.6. The summed E-state index contributed by atoms with van der Waals surface area (Å²) in [4.78, 5) is 101. The molecule has 4 heterocycles. The van der Waals surface area contributed by atoms with E-state index >= 15 is 0 Å². The number of nitrogens with zero attached hydrogens (tertiary/aromatic N) is 3. The van der Waals surface area contributed by atoms with Crippen molar-refractivity contribution in [1.29, 1.82) is 0 Å². The van der Waals surface area contributed by atoms with Gasteiger partial charge in [-0.15, -0.1) is 0 Å². The van der Waals surface area contributed by atoms with Crippen LogP contribution in [-0.4, -0.2) is 173 Å². The lowest BCUT2D eigenvalue weighted by Crippen LogP contribution is -2.61. The van der Waals surface area contributed by atoms with Crippen molar-refractivity contribution in [3.05, 3.63) is 83.4 Å². The highest BCUT2D eigenvalue weighted by Crippen LogP contribution is 2.36. The topological polar surface area (TPSA) is 272 Å². The minimum atomic E-state index is -1.77. The molecule has 2 saturated heterocycles. The minimum absolute atomic E-state index is 0.0135. The van der Waals surface area contributed by atoms with E-state index in [1.807, 2.05) is 0 Å². The first-order valence-corrected chi connectivity index (χ1v) is 22.4. The molecule has 21 nitrogen and oxygen atoms in total. The Balaban J connectivity index is 1.37. The number of carbonyl (C=O) groups excluding carboxylic acids is 7. The van der Waals surface area contributed by atoms with E-state index in [9.17, 15) is 48.9 Å². The molecule has 7 rings (SSSR count). The maximum Gasteiger partial charge on any atom is 0.302 e. The number of hydrogen-bond donors (Lipinski definition) is 6. The van der Waals surface area contributed by atoms with E-state index in [4.69, 9.17) is 23.7 Å². The number of aliphatic hydroxyl groups is 3. The number of likely N-dealkylation sites (N-methyl/N-ethyl adjacent to an activating group) is 3. The lowest BCUT2D eigenvalue weighted by atomic mass is 9.98. The monoisotopic (exact) mass is 960 g/mol. The van der Waals surface area contributed by atoms with Crippen LogP contribution >= 0.6 is 0 Å². The van der Waals surface area contributed by atoms with Crippen LogP contribution in [-0.2, 0) is 62.3 Å². The summed E-state index contributed by atoms with van der Waals surface area (Å²) in [6, 6.07) is 10.6. The van der Waals surface area contributed by atoms with Crippen molar-refractivity contribution in [3.63, 3.8) is 0 Å². The van der Waals surface area contributed by atoms with E-state index in [1.165, 1.54) is 75.9 Å². The van der Waals surface area contributed by atoms with Gasteiger partial charge in [0.2, 0.25) is 41.7 Å². The fourth-order valence-corrected chi connectivity index (χ4v) is 8.24. The van der Waals surface area contributed by atoms with E-state index in [0.717, 1.165) is 6.92 Å². The van der Waals surface area contributed by atoms with Crippen LogP contribution in [0.25, 0.3) is 0 Å². The third-order valence-corrected chi connectivity index (χ3v) is 12.5. The Hall–Kier alpha value is -6.81. The van der Waals surface area contributed by atoms with Gasteiger partial charge >= 0.3 is 5.97 Å². The summed E-state index contributed by atoms with van der Waals surface area (Å²) in [5.74, 6) is -3.86. The van der Waals surface area contributed by atoms with Gasteiger partial charge in [-0.1, -0.05) is 30.3 Å². The van der Waals surface area contributed by atoms with Crippen LogP contribution < -0.4 is 30.2 Å². The SMILES string of the molecule is COc1ccc(C[C@@H]2C(=O)N[C@@H](C)C(=O)N(C)[C@@H]3Cc4ccc(cc4)Oc4cc(ccc4O[C@H]4O[C@@H](COC(C)=O)[C@H](O)[C@H](O)[C@@H]4O)C[C@H](C(=O)N[C@H](C)C(=O)N[C@@H](C)C(=O)N2C)N(C)C3=O)cc1. The summed E-state index contributed by atoms with van der Waals surface area (Å²) in [5.41, 5.74) is 1.65. The largest absolute Gasteiger partial charge is 0.497 e. The molecule has 4 aliphatic heterocycles. The molecule has 2 fully saturated rings. The molecule has 21 heteroatoms. The van der Waals surface area contributed by atoms with Gasteiger partial charge in [0, 0.05) is 47.3 Å². The van der Waals surface area contributed by atoms with E-state index in [0.29, 0.717) is 22.4 Å². The number of aliphatic hydroxyl groups excluding tert-OH is 3. The van der Waals surface area contributed by atoms with Crippen molar-refractivity contribution in [1.82, 2.24) is 30.7 Å². The lowest BCUT2D eigenvalue weighted by Gasteiger charge is -2.40. The number of esters is 1. The first-order valence-electron chi connectivity index (χ1n) is 22.4. The molecule has 6 N–H and O–H groups in total. The van der Waals surface area contributed by atoms with Crippen LogP contribution in [0, 0.1) is 0 Å². The molecule has 6 amide bonds. The predicted octanol–water partition coefficient (Wildman–Crippen LogP) is -0.413. The molecule has 0 aliphatic carbocycles. The van der Waals surface area contributed by atoms with Crippen molar-refractivity contribution >= 4 is 41.4 Å². The molecule has 0 unspecified atom stereocenters. The smallest absolute Gasteiger partial charge is 0.302 e. The van der Waals surface area contributed by atoms with Crippen molar-refractivity contribution in [2.75, 3.05) is 34.9 Å². The first kappa shape index (κ1) is 51.6. The summed E-state index contributed by atoms with van der Waals surface area (Å²) >= 11 is 0. The fraction of sp³-hybridized carbons (Fsp3) is 0.479. The highest BCUT2D eigenvalue weighted by atomic mass is 16.7. The van der Waals surface area contributed by atoms with Crippen LogP contribution in [0.5, 0.6) is 23.0 Å². The van der Waals surface area contributed by atoms with Gasteiger partial charge in [-0.25, -0.2) is 0 Å². The van der Waals surface area contributed by atoms with E-state index in [1.54, 1.807) is 54.6 Å². The maximum absolute atomic E-state index is 14.9. The molecule has 6 bridgehead atoms. The Morgan fingerprint density at radius 3 is 1.90 bits per heavy atom. The molecule has 0 spiro atoms. The standard InChI is InChI=1S/C48H60N6O15/c1-24-42(59)50-25(2)45(62)52(5)33(19-28-9-14-31(65-8)15-10-28)44(61)51-26(3)46(63)54(7)35-20-29-11-16-32(17-12-29)67-37-22-30(21-34(43(60)49-24)53(6)47(35)64)13-18-36(37)68-48-41(58)40(57)39(56)38(69-48)23-66-27(4)55/h9-18,22,24-26,33-35,38-41,48,56-58H,19-21,23H2,1-8H3,(H,49,60)(H,50,59)(H,51,61)/t24-,25+,26+,33-,34-,35-,38+,39+,40+,41+,48+/m1/s1. The molecule has 0 radical (unpaired) electrons. The van der Waals surface area contributed by atoms with Crippen LogP contribution in [0.15, 0.2) is 66.7 Å². The Morgan fingerprint density at radius 1 is 0.681 bits per heavy atom. The molecule has 3 aromatic rings. The first-order chi connectivity index (χ1) is 32.7. The average Bonchev–Trinajstić information content (AvgIpc) is 3.33. The zero-order chi connectivity index (χ0) is 50.4. The van der Waals surface area contributed by atoms with Gasteiger partial charge in [0.05, 0.1) is 7.11 Å². The number of rotatable bonds is 7. The second kappa shape index (κ2) is 22.1. The lowest BCUT2D eigenvalue weighted by molar-refractivity contribution is -0.278. The van der Waals surface area contributed by atoms with Crippen molar-refractivity contribution < 1.29 is 72.6 Å². The minimum Gasteiger partial charge on any atom is -0.497 e. The quantitative estimate of drug-likeness (QED) is 0.164. The highest BCUT2D eigenvalue weighted by Gasteiger charge is 2.46. The summed E-state index contributed by atoms with van der Waals surface area (Å²) in [7, 11) is 5.74. The van der Waals surface area contributed by atoms with Crippen LogP contribution in [0.2, 0.25) is 0 Å². The summed E-state index contributed by atoms with van der Waals surface area (Å²) < 4.78 is 28.3. The second-order valence-corrected chi connectivity index (χ2v) is 17.5. The molecule has 372 valence electrons. The Morgan fingerprint density at radius 2 is 1.26 bits per heavy atom. The predicted molar refractivity (Wildman–Crippen MR) is 243 cm³/mol. The third-order valence-electron chi connectivity index (χ3n) is 12.5. The van der Waals surface area contributed by atoms with Gasteiger partial charge in [0.25, 0.3) is 0 Å². The van der Waals surface area contributed by atoms with Gasteiger partial charge in [-0.3, -0.25) is 33.6 Å². The van der Waals surface area contributed by atoms with E-state index in [2.05, 4.69) is 16.0 Å². The molecular formula is C48H60N6O15. The molecule has 0 saturated carbocycles. The zero-order valence-electron chi connectivity index (χ0n) is 39.6. The summed E-state index contributed by atoms with van der Waals surface area (Å²) in [6.07, 6.45) is -8.26. The number of fused-ring (bicyclic) bond motifs is 2. The molecule has 3 aromatic carbocycles. The van der Waals surface area contributed by atoms with Crippen molar-refractivity contribution in [3.8, 4) is 23.0 Å². The summed E-state index contributed by atoms with van der Waals surface area (Å²) in [6.45, 7) is 5.01. The number of benzene rings is 3. The van der Waals surface area contributed by atoms with E-state index < -0.39 is 115 Å². The number of amides is 6. The van der Waals surface area contributed by atoms with Gasteiger partial charge in [0.1, 0.15) is 78.8 Å². The number of methoxy groups -OCH3 is 1. The van der Waals surface area contributed by atoms with Gasteiger partial charge in [0.15, 0.2) is 11.5 Å². The average molecular weight is 961 g/mol. The van der Waals surface area contributed by atoms with Crippen LogP contribution in [0.1, 0.15) is 44.4 Å². The zero-order valence-corrected chi connectivity index (χ0v) is 39.6. The van der Waals surface area contributed by atoms with Crippen LogP contribution in [0.4, 0.5) is 0 Å². The second-order valence-electron chi connectivity index (χ2n) is 17.5. The molecular weight excluding hydrogens is 901 g/mol. The molecule has 69 heavy (non-hydrogen) atoms. The van der Waals surface area contributed by atoms with E-state index in [-0.39, 0.29) is 36.5 Å². The maximum atomic E-state index is 14.9. The molecule has 0 aromatic heterocycles. The van der Waals surface area contributed by atoms with Crippen LogP contribution in [0.3, 0.4) is 0 Å². The number of hydrogen-bond acceptors (Lipinski definition) is 15. The fourth-order valence-electron chi connectivity index (χ4n) is 8.24. The van der Waals surface area contributed by atoms with Gasteiger partial charge in [-0.05, 0) is 73.9 Å². The molecule has 4 aliphatic rings.